The Morgan fingerprint density at radius 1 is 1.44 bits per heavy atom. The third kappa shape index (κ3) is 2.82. The van der Waals surface area contributed by atoms with E-state index in [1.54, 1.807) is 0 Å². The molecule has 0 aromatic heterocycles. The van der Waals surface area contributed by atoms with Crippen molar-refractivity contribution < 1.29 is 4.79 Å². The average molecular weight is 247 g/mol. The van der Waals surface area contributed by atoms with Crippen LogP contribution in [-0.4, -0.2) is 44.0 Å². The van der Waals surface area contributed by atoms with Crippen molar-refractivity contribution in [2.75, 3.05) is 32.1 Å². The van der Waals surface area contributed by atoms with Gasteiger partial charge in [-0.2, -0.15) is 0 Å². The second-order valence-electron chi connectivity index (χ2n) is 5.10. The molecule has 1 aliphatic heterocycles. The number of rotatable bonds is 2. The summed E-state index contributed by atoms with van der Waals surface area (Å²) in [6.45, 7) is 1.49. The minimum absolute atomic E-state index is 0.0915. The molecule has 18 heavy (non-hydrogen) atoms. The molecule has 0 spiro atoms. The van der Waals surface area contributed by atoms with Gasteiger partial charge in [-0.15, -0.1) is 0 Å². The van der Waals surface area contributed by atoms with E-state index in [4.69, 9.17) is 5.73 Å². The number of nitrogens with zero attached hydrogens (tertiary/aromatic N) is 2. The molecule has 1 fully saturated rings. The molecule has 2 N–H and O–H groups in total. The lowest BCUT2D eigenvalue weighted by atomic mass is 10.1. The van der Waals surface area contributed by atoms with E-state index in [2.05, 4.69) is 0 Å². The van der Waals surface area contributed by atoms with Crippen LogP contribution in [0.4, 0.5) is 5.69 Å². The van der Waals surface area contributed by atoms with Gasteiger partial charge in [0.25, 0.3) is 5.91 Å². The summed E-state index contributed by atoms with van der Waals surface area (Å²) < 4.78 is 0. The van der Waals surface area contributed by atoms with Crippen LogP contribution in [0.25, 0.3) is 0 Å². The molecule has 1 amide bonds. The van der Waals surface area contributed by atoms with E-state index in [1.165, 1.54) is 0 Å². The molecular formula is C14H21N3O. The molecule has 4 nitrogen and oxygen atoms in total. The van der Waals surface area contributed by atoms with E-state index in [0.29, 0.717) is 6.54 Å². The predicted octanol–water partition coefficient (Wildman–Crippen LogP) is 1.32. The van der Waals surface area contributed by atoms with E-state index < -0.39 is 0 Å². The van der Waals surface area contributed by atoms with Crippen molar-refractivity contribution in [1.29, 1.82) is 0 Å². The number of anilines is 1. The van der Waals surface area contributed by atoms with Crippen molar-refractivity contribution in [2.45, 2.75) is 18.9 Å². The number of hydrogen-bond donors (Lipinski definition) is 1. The van der Waals surface area contributed by atoms with Gasteiger partial charge in [0.1, 0.15) is 0 Å². The number of likely N-dealkylation sites (tertiary alicyclic amines) is 1. The molecule has 1 aliphatic rings. The average Bonchev–Trinajstić information content (AvgIpc) is 2.38. The molecule has 0 saturated carbocycles. The van der Waals surface area contributed by atoms with E-state index >= 15 is 0 Å². The normalized spacial score (nSPS) is 19.7. The van der Waals surface area contributed by atoms with Crippen molar-refractivity contribution in [2.24, 2.45) is 5.73 Å². The van der Waals surface area contributed by atoms with Crippen molar-refractivity contribution >= 4 is 11.6 Å². The highest BCUT2D eigenvalue weighted by atomic mass is 16.2. The molecule has 1 atom stereocenters. The molecule has 1 saturated heterocycles. The third-order valence-electron chi connectivity index (χ3n) is 3.35. The van der Waals surface area contributed by atoms with Crippen LogP contribution in [0.2, 0.25) is 0 Å². The maximum absolute atomic E-state index is 12.4. The lowest BCUT2D eigenvalue weighted by molar-refractivity contribution is 0.0709. The molecule has 0 aliphatic carbocycles. The van der Waals surface area contributed by atoms with Crippen LogP contribution >= 0.6 is 0 Å². The molecule has 1 aromatic rings. The quantitative estimate of drug-likeness (QED) is 0.857. The zero-order chi connectivity index (χ0) is 13.1. The maximum atomic E-state index is 12.4. The first kappa shape index (κ1) is 12.9. The number of benzene rings is 1. The zero-order valence-electron chi connectivity index (χ0n) is 11.1. The summed E-state index contributed by atoms with van der Waals surface area (Å²) in [5.74, 6) is 0.0915. The number of piperidine rings is 1. The van der Waals surface area contributed by atoms with Gasteiger partial charge in [0.2, 0.25) is 0 Å². The molecule has 0 bridgehead atoms. The van der Waals surface area contributed by atoms with Crippen LogP contribution in [0.5, 0.6) is 0 Å². The van der Waals surface area contributed by atoms with E-state index in [9.17, 15) is 4.79 Å². The van der Waals surface area contributed by atoms with Gasteiger partial charge in [-0.3, -0.25) is 4.79 Å². The monoisotopic (exact) mass is 247 g/mol. The first-order valence-corrected chi connectivity index (χ1v) is 6.40. The number of amides is 1. The predicted molar refractivity (Wildman–Crippen MR) is 73.9 cm³/mol. The highest BCUT2D eigenvalue weighted by Crippen LogP contribution is 2.17. The van der Waals surface area contributed by atoms with Crippen molar-refractivity contribution in [3.8, 4) is 0 Å². The minimum Gasteiger partial charge on any atom is -0.378 e. The highest BCUT2D eigenvalue weighted by Gasteiger charge is 2.22. The number of carbonyl (C=O) groups is 1. The minimum atomic E-state index is 0.0915. The molecular weight excluding hydrogens is 226 g/mol. The Kier molecular flexibility index (Phi) is 3.87. The summed E-state index contributed by atoms with van der Waals surface area (Å²) in [5, 5.41) is 0. The summed E-state index contributed by atoms with van der Waals surface area (Å²) in [6, 6.07) is 7.85. The number of nitrogens with two attached hydrogens (primary N) is 1. The first-order valence-electron chi connectivity index (χ1n) is 6.40. The van der Waals surface area contributed by atoms with Gasteiger partial charge in [0, 0.05) is 44.5 Å². The lowest BCUT2D eigenvalue weighted by Crippen LogP contribution is -2.45. The lowest BCUT2D eigenvalue weighted by Gasteiger charge is -2.31. The summed E-state index contributed by atoms with van der Waals surface area (Å²) in [7, 11) is 3.95. The second kappa shape index (κ2) is 5.40. The SMILES string of the molecule is CN(C)c1cccc(C(=O)N2CCC[C@@H](N)C2)c1. The Hall–Kier alpha value is -1.55. The van der Waals surface area contributed by atoms with Gasteiger partial charge in [-0.1, -0.05) is 6.07 Å². The standard InChI is InChI=1S/C14H21N3O/c1-16(2)13-7-3-5-11(9-13)14(18)17-8-4-6-12(15)10-17/h3,5,7,9,12H,4,6,8,10,15H2,1-2H3/t12-/m1/s1. The van der Waals surface area contributed by atoms with Gasteiger partial charge in [-0.05, 0) is 31.0 Å². The van der Waals surface area contributed by atoms with Gasteiger partial charge in [-0.25, -0.2) is 0 Å². The summed E-state index contributed by atoms with van der Waals surface area (Å²) in [6.07, 6.45) is 2.02. The second-order valence-corrected chi connectivity index (χ2v) is 5.10. The van der Waals surface area contributed by atoms with E-state index in [1.807, 2.05) is 48.2 Å². The Morgan fingerprint density at radius 3 is 2.89 bits per heavy atom. The smallest absolute Gasteiger partial charge is 0.253 e. The van der Waals surface area contributed by atoms with Crippen molar-refractivity contribution in [1.82, 2.24) is 4.90 Å². The Labute approximate surface area is 108 Å². The molecule has 2 rings (SSSR count). The van der Waals surface area contributed by atoms with Crippen LogP contribution < -0.4 is 10.6 Å². The molecule has 1 aromatic carbocycles. The van der Waals surface area contributed by atoms with Gasteiger partial charge in [0.05, 0.1) is 0 Å². The maximum Gasteiger partial charge on any atom is 0.253 e. The van der Waals surface area contributed by atoms with Crippen molar-refractivity contribution in [3.05, 3.63) is 29.8 Å². The molecule has 0 unspecified atom stereocenters. The van der Waals surface area contributed by atoms with Crippen LogP contribution in [0.3, 0.4) is 0 Å². The van der Waals surface area contributed by atoms with Crippen LogP contribution in [-0.2, 0) is 0 Å². The van der Waals surface area contributed by atoms with Gasteiger partial charge in [0.15, 0.2) is 0 Å². The Bertz CT molecular complexity index is 431. The fourth-order valence-corrected chi connectivity index (χ4v) is 2.29. The van der Waals surface area contributed by atoms with Crippen LogP contribution in [0.15, 0.2) is 24.3 Å². The molecule has 4 heteroatoms. The van der Waals surface area contributed by atoms with Crippen molar-refractivity contribution in [3.63, 3.8) is 0 Å². The van der Waals surface area contributed by atoms with Gasteiger partial charge < -0.3 is 15.5 Å². The fraction of sp³-hybridized carbons (Fsp3) is 0.500. The molecule has 98 valence electrons. The van der Waals surface area contributed by atoms with Crippen LogP contribution in [0, 0.1) is 0 Å². The summed E-state index contributed by atoms with van der Waals surface area (Å²) >= 11 is 0. The topological polar surface area (TPSA) is 49.6 Å². The zero-order valence-corrected chi connectivity index (χ0v) is 11.1. The molecule has 0 radical (unpaired) electrons. The van der Waals surface area contributed by atoms with Gasteiger partial charge >= 0.3 is 0 Å². The Morgan fingerprint density at radius 2 is 2.22 bits per heavy atom. The number of hydrogen-bond acceptors (Lipinski definition) is 3. The highest BCUT2D eigenvalue weighted by molar-refractivity contribution is 5.95. The first-order chi connectivity index (χ1) is 8.58. The third-order valence-corrected chi connectivity index (χ3v) is 3.35. The fourth-order valence-electron chi connectivity index (χ4n) is 2.29. The summed E-state index contributed by atoms with van der Waals surface area (Å²) in [4.78, 5) is 16.2. The Balaban J connectivity index is 2.15. The van der Waals surface area contributed by atoms with E-state index in [-0.39, 0.29) is 11.9 Å². The number of carbonyl (C=O) groups excluding carboxylic acids is 1. The molecule has 1 heterocycles. The van der Waals surface area contributed by atoms with E-state index in [0.717, 1.165) is 30.6 Å². The summed E-state index contributed by atoms with van der Waals surface area (Å²) in [5.41, 5.74) is 7.71. The van der Waals surface area contributed by atoms with Crippen LogP contribution in [0.1, 0.15) is 23.2 Å². The largest absolute Gasteiger partial charge is 0.378 e.